The number of rotatable bonds is 8. The molecule has 0 aromatic heterocycles. The molecule has 0 rings (SSSR count). The van der Waals surface area contributed by atoms with Gasteiger partial charge in [0.25, 0.3) is 0 Å². The topological polar surface area (TPSA) is 66.4 Å². The fraction of sp³-hybridized carbons (Fsp3) is 0.636. The lowest BCUT2D eigenvalue weighted by atomic mass is 9.99. The van der Waals surface area contributed by atoms with E-state index in [2.05, 4.69) is 11.9 Å². The second-order valence-corrected chi connectivity index (χ2v) is 4.60. The predicted octanol–water partition coefficient (Wildman–Crippen LogP) is 1.52. The van der Waals surface area contributed by atoms with Gasteiger partial charge in [0.05, 0.1) is 5.75 Å². The summed E-state index contributed by atoms with van der Waals surface area (Å²) in [4.78, 5) is 22.4. The number of amides is 1. The van der Waals surface area contributed by atoms with Gasteiger partial charge in [-0.05, 0) is 5.92 Å². The van der Waals surface area contributed by atoms with Crippen LogP contribution in [-0.4, -0.2) is 34.5 Å². The van der Waals surface area contributed by atoms with Crippen molar-refractivity contribution in [3.8, 4) is 0 Å². The quantitative estimate of drug-likeness (QED) is 0.502. The van der Waals surface area contributed by atoms with Gasteiger partial charge in [-0.25, -0.2) is 4.79 Å². The van der Waals surface area contributed by atoms with Gasteiger partial charge in [0.15, 0.2) is 0 Å². The summed E-state index contributed by atoms with van der Waals surface area (Å²) in [5.41, 5.74) is 0. The molecule has 2 atom stereocenters. The van der Waals surface area contributed by atoms with E-state index in [1.54, 1.807) is 6.08 Å². The van der Waals surface area contributed by atoms with Crippen LogP contribution in [0.2, 0.25) is 0 Å². The van der Waals surface area contributed by atoms with Crippen molar-refractivity contribution in [2.75, 3.05) is 11.5 Å². The van der Waals surface area contributed by atoms with E-state index in [9.17, 15) is 9.59 Å². The van der Waals surface area contributed by atoms with Crippen LogP contribution in [0.1, 0.15) is 20.3 Å². The van der Waals surface area contributed by atoms with Crippen molar-refractivity contribution in [3.63, 3.8) is 0 Å². The molecular weight excluding hydrogens is 226 g/mol. The molecule has 0 aromatic rings. The molecule has 4 nitrogen and oxygen atoms in total. The van der Waals surface area contributed by atoms with Gasteiger partial charge in [-0.1, -0.05) is 26.3 Å². The van der Waals surface area contributed by atoms with Crippen LogP contribution >= 0.6 is 11.8 Å². The van der Waals surface area contributed by atoms with Crippen molar-refractivity contribution in [2.24, 2.45) is 5.92 Å². The molecule has 0 aromatic carbocycles. The number of hydrogen-bond donors (Lipinski definition) is 2. The number of aliphatic carboxylic acids is 1. The standard InChI is InChI=1S/C11H19NO3S/c1-4-6-16-7-9(13)12-10(11(14)15)8(3)5-2/h4,8,10H,1,5-7H2,2-3H3,(H,12,13)(H,14,15). The molecule has 0 bridgehead atoms. The van der Waals surface area contributed by atoms with Gasteiger partial charge >= 0.3 is 5.97 Å². The predicted molar refractivity (Wildman–Crippen MR) is 66.5 cm³/mol. The third-order valence-electron chi connectivity index (χ3n) is 2.26. The van der Waals surface area contributed by atoms with Crippen LogP contribution in [0.5, 0.6) is 0 Å². The van der Waals surface area contributed by atoms with Gasteiger partial charge in [-0.15, -0.1) is 18.3 Å². The Morgan fingerprint density at radius 2 is 2.19 bits per heavy atom. The van der Waals surface area contributed by atoms with Gasteiger partial charge in [0, 0.05) is 5.75 Å². The van der Waals surface area contributed by atoms with Crippen LogP contribution in [0, 0.1) is 5.92 Å². The van der Waals surface area contributed by atoms with Crippen molar-refractivity contribution < 1.29 is 14.7 Å². The lowest BCUT2D eigenvalue weighted by molar-refractivity contribution is -0.143. The molecule has 0 spiro atoms. The van der Waals surface area contributed by atoms with Crippen LogP contribution in [-0.2, 0) is 9.59 Å². The molecule has 0 aliphatic carbocycles. The van der Waals surface area contributed by atoms with Crippen LogP contribution < -0.4 is 5.32 Å². The zero-order valence-corrected chi connectivity index (χ0v) is 10.5. The summed E-state index contributed by atoms with van der Waals surface area (Å²) < 4.78 is 0. The van der Waals surface area contributed by atoms with Crippen LogP contribution in [0.15, 0.2) is 12.7 Å². The Morgan fingerprint density at radius 3 is 2.62 bits per heavy atom. The number of carboxylic acid groups (broad SMARTS) is 1. The molecule has 2 N–H and O–H groups in total. The summed E-state index contributed by atoms with van der Waals surface area (Å²) >= 11 is 1.41. The second-order valence-electron chi connectivity index (χ2n) is 3.57. The average molecular weight is 245 g/mol. The van der Waals surface area contributed by atoms with E-state index in [0.717, 1.165) is 6.42 Å². The van der Waals surface area contributed by atoms with E-state index < -0.39 is 12.0 Å². The largest absolute Gasteiger partial charge is 0.480 e. The molecule has 16 heavy (non-hydrogen) atoms. The van der Waals surface area contributed by atoms with Crippen molar-refractivity contribution >= 4 is 23.6 Å². The lowest BCUT2D eigenvalue weighted by Crippen LogP contribution is -2.45. The number of carbonyl (C=O) groups excluding carboxylic acids is 1. The zero-order chi connectivity index (χ0) is 12.6. The van der Waals surface area contributed by atoms with Crippen molar-refractivity contribution in [3.05, 3.63) is 12.7 Å². The van der Waals surface area contributed by atoms with Gasteiger partial charge in [0.2, 0.25) is 5.91 Å². The summed E-state index contributed by atoms with van der Waals surface area (Å²) in [6.45, 7) is 7.26. The summed E-state index contributed by atoms with van der Waals surface area (Å²) in [7, 11) is 0. The van der Waals surface area contributed by atoms with Gasteiger partial charge in [-0.2, -0.15) is 0 Å². The SMILES string of the molecule is C=CCSCC(=O)NC(C(=O)O)C(C)CC. The number of thioether (sulfide) groups is 1. The Hall–Kier alpha value is -0.970. The minimum atomic E-state index is -0.976. The number of carbonyl (C=O) groups is 2. The maximum atomic E-state index is 11.4. The van der Waals surface area contributed by atoms with E-state index in [0.29, 0.717) is 5.75 Å². The Kier molecular flexibility index (Phi) is 7.72. The first-order valence-electron chi connectivity index (χ1n) is 5.23. The van der Waals surface area contributed by atoms with Crippen LogP contribution in [0.25, 0.3) is 0 Å². The fourth-order valence-electron chi connectivity index (χ4n) is 1.13. The molecule has 0 aliphatic rings. The molecule has 1 amide bonds. The van der Waals surface area contributed by atoms with E-state index >= 15 is 0 Å². The van der Waals surface area contributed by atoms with Crippen LogP contribution in [0.3, 0.4) is 0 Å². The van der Waals surface area contributed by atoms with Gasteiger partial charge in [0.1, 0.15) is 6.04 Å². The minimum Gasteiger partial charge on any atom is -0.480 e. The van der Waals surface area contributed by atoms with Crippen molar-refractivity contribution in [1.29, 1.82) is 0 Å². The number of carboxylic acids is 1. The fourth-order valence-corrected chi connectivity index (χ4v) is 1.69. The first-order valence-corrected chi connectivity index (χ1v) is 6.39. The zero-order valence-electron chi connectivity index (χ0n) is 9.73. The highest BCUT2D eigenvalue weighted by atomic mass is 32.2. The number of hydrogen-bond acceptors (Lipinski definition) is 3. The summed E-state index contributed by atoms with van der Waals surface area (Å²) in [5.74, 6) is -0.317. The molecule has 0 aliphatic heterocycles. The highest BCUT2D eigenvalue weighted by Crippen LogP contribution is 2.08. The molecule has 0 fully saturated rings. The summed E-state index contributed by atoms with van der Waals surface area (Å²) in [6, 6.07) is -0.790. The monoisotopic (exact) mass is 245 g/mol. The first kappa shape index (κ1) is 15.0. The molecule has 92 valence electrons. The van der Waals surface area contributed by atoms with Gasteiger partial charge < -0.3 is 10.4 Å². The minimum absolute atomic E-state index is 0.0640. The van der Waals surface area contributed by atoms with E-state index in [1.807, 2.05) is 13.8 Å². The molecular formula is C11H19NO3S. The number of nitrogens with one attached hydrogen (secondary N) is 1. The maximum Gasteiger partial charge on any atom is 0.326 e. The van der Waals surface area contributed by atoms with Crippen LogP contribution in [0.4, 0.5) is 0 Å². The summed E-state index contributed by atoms with van der Waals surface area (Å²) in [6.07, 6.45) is 2.43. The van der Waals surface area contributed by atoms with Gasteiger partial charge in [-0.3, -0.25) is 4.79 Å². The first-order chi connectivity index (χ1) is 7.52. The maximum absolute atomic E-state index is 11.4. The highest BCUT2D eigenvalue weighted by Gasteiger charge is 2.24. The highest BCUT2D eigenvalue weighted by molar-refractivity contribution is 8.00. The second kappa shape index (κ2) is 8.21. The van der Waals surface area contributed by atoms with E-state index in [-0.39, 0.29) is 17.6 Å². The van der Waals surface area contributed by atoms with Crippen molar-refractivity contribution in [2.45, 2.75) is 26.3 Å². The smallest absolute Gasteiger partial charge is 0.326 e. The Morgan fingerprint density at radius 1 is 1.56 bits per heavy atom. The van der Waals surface area contributed by atoms with Crippen molar-refractivity contribution in [1.82, 2.24) is 5.32 Å². The average Bonchev–Trinajstić information content (AvgIpc) is 2.25. The molecule has 0 heterocycles. The van der Waals surface area contributed by atoms with E-state index in [4.69, 9.17) is 5.11 Å². The molecule has 5 heteroatoms. The lowest BCUT2D eigenvalue weighted by Gasteiger charge is -2.19. The summed E-state index contributed by atoms with van der Waals surface area (Å²) in [5, 5.41) is 11.5. The molecule has 0 saturated carbocycles. The molecule has 0 radical (unpaired) electrons. The van der Waals surface area contributed by atoms with E-state index in [1.165, 1.54) is 11.8 Å². The third-order valence-corrected chi connectivity index (χ3v) is 3.20. The third kappa shape index (κ3) is 5.80. The Balaban J connectivity index is 4.13. The normalized spacial score (nSPS) is 13.9. The molecule has 0 saturated heterocycles. The Bertz CT molecular complexity index is 256. The molecule has 2 unspecified atom stereocenters. The Labute approximate surface area is 100 Å².